The molecular weight excluding hydrogens is 568 g/mol. The Kier molecular flexibility index (Phi) is 7.15. The van der Waals surface area contributed by atoms with Gasteiger partial charge in [0.05, 0.1) is 35.7 Å². The molecule has 2 saturated heterocycles. The Labute approximate surface area is 255 Å². The number of morpholine rings is 1. The quantitative estimate of drug-likeness (QED) is 0.401. The molecule has 0 radical (unpaired) electrons. The first-order valence-corrected chi connectivity index (χ1v) is 15.1. The molecule has 0 unspecified atom stereocenters. The lowest BCUT2D eigenvalue weighted by atomic mass is 9.79. The van der Waals surface area contributed by atoms with Crippen molar-refractivity contribution < 1.29 is 27.8 Å². The first kappa shape index (κ1) is 30.2. The number of pyridine rings is 1. The lowest BCUT2D eigenvalue weighted by molar-refractivity contribution is -0.0370. The lowest BCUT2D eigenvalue weighted by Gasteiger charge is -2.37. The van der Waals surface area contributed by atoms with Gasteiger partial charge in [0.2, 0.25) is 11.2 Å². The summed E-state index contributed by atoms with van der Waals surface area (Å²) in [5.41, 5.74) is 1.71. The average molecular weight is 608 g/mol. The summed E-state index contributed by atoms with van der Waals surface area (Å²) in [6.45, 7) is 15.6. The number of hydrogen-bond acceptors (Lipinski definition) is 5. The highest BCUT2D eigenvalue weighted by molar-refractivity contribution is 5.99. The summed E-state index contributed by atoms with van der Waals surface area (Å²) in [6, 6.07) is 6.11. The summed E-state index contributed by atoms with van der Waals surface area (Å²) in [6.07, 6.45) is 1.01. The summed E-state index contributed by atoms with van der Waals surface area (Å²) >= 11 is 0. The van der Waals surface area contributed by atoms with Crippen molar-refractivity contribution >= 4 is 22.7 Å². The number of fused-ring (bicyclic) bond motifs is 1. The SMILES string of the molecule is C[C@H]1COc2c(F)c(F)cc3c(=O)c(C(=O)N4CCO[C@@H]5CN(C(=O)c6cc(C(C)(C)C)cc(C(C)(C)C)c6)C[C@@H]54)cn1c23. The number of benzene rings is 2. The van der Waals surface area contributed by atoms with E-state index in [4.69, 9.17) is 9.47 Å². The summed E-state index contributed by atoms with van der Waals surface area (Å²) in [4.78, 5) is 44.9. The molecule has 3 atom stereocenters. The third kappa shape index (κ3) is 4.97. The van der Waals surface area contributed by atoms with E-state index in [1.165, 1.54) is 6.20 Å². The molecule has 3 aliphatic rings. The highest BCUT2D eigenvalue weighted by atomic mass is 19.2. The van der Waals surface area contributed by atoms with E-state index in [0.29, 0.717) is 12.1 Å². The van der Waals surface area contributed by atoms with Crippen molar-refractivity contribution in [1.29, 1.82) is 0 Å². The fraction of sp³-hybridized carbons (Fsp3) is 0.500. The predicted octanol–water partition coefficient (Wildman–Crippen LogP) is 5.19. The van der Waals surface area contributed by atoms with Gasteiger partial charge in [0.25, 0.3) is 11.8 Å². The fourth-order valence-electron chi connectivity index (χ4n) is 6.41. The highest BCUT2D eigenvalue weighted by Crippen LogP contribution is 2.36. The number of halogens is 2. The molecule has 8 nitrogen and oxygen atoms in total. The Bertz CT molecular complexity index is 1720. The maximum Gasteiger partial charge on any atom is 0.259 e. The van der Waals surface area contributed by atoms with Crippen molar-refractivity contribution in [2.75, 3.05) is 32.8 Å². The van der Waals surface area contributed by atoms with Crippen molar-refractivity contribution in [1.82, 2.24) is 14.4 Å². The predicted molar refractivity (Wildman–Crippen MR) is 163 cm³/mol. The zero-order chi connectivity index (χ0) is 31.9. The normalized spacial score (nSPS) is 21.8. The van der Waals surface area contributed by atoms with Crippen molar-refractivity contribution in [3.05, 3.63) is 74.6 Å². The summed E-state index contributed by atoms with van der Waals surface area (Å²) in [7, 11) is 0. The standard InChI is InChI=1S/C34H39F2N3O5/c1-18-17-44-30-27(36)24(35)13-22-28(30)39(18)14-23(29(22)40)32(42)38-8-9-43-26-16-37(15-25(26)38)31(41)19-10-20(33(2,3)4)12-21(11-19)34(5,6)7/h10-14,18,25-26H,8-9,15-17H2,1-7H3/t18-,25-,26+/m0/s1. The van der Waals surface area contributed by atoms with Gasteiger partial charge in [-0.25, -0.2) is 4.39 Å². The van der Waals surface area contributed by atoms with Crippen LogP contribution in [0.5, 0.6) is 5.75 Å². The fourth-order valence-corrected chi connectivity index (χ4v) is 6.41. The van der Waals surface area contributed by atoms with Crippen LogP contribution in [-0.4, -0.2) is 71.2 Å². The van der Waals surface area contributed by atoms with Gasteiger partial charge in [-0.2, -0.15) is 4.39 Å². The number of amides is 2. The second-order valence-electron chi connectivity index (χ2n) is 14.3. The topological polar surface area (TPSA) is 81.1 Å². The number of carbonyl (C=O) groups is 2. The van der Waals surface area contributed by atoms with Crippen molar-refractivity contribution in [2.45, 2.75) is 77.5 Å². The van der Waals surface area contributed by atoms with Gasteiger partial charge in [-0.15, -0.1) is 0 Å². The van der Waals surface area contributed by atoms with Crippen molar-refractivity contribution in [2.24, 2.45) is 0 Å². The van der Waals surface area contributed by atoms with Gasteiger partial charge in [0.15, 0.2) is 11.6 Å². The molecule has 44 heavy (non-hydrogen) atoms. The number of hydrogen-bond donors (Lipinski definition) is 0. The van der Waals surface area contributed by atoms with Gasteiger partial charge < -0.3 is 23.8 Å². The Morgan fingerprint density at radius 2 is 1.59 bits per heavy atom. The van der Waals surface area contributed by atoms with Gasteiger partial charge in [0, 0.05) is 31.4 Å². The third-order valence-electron chi connectivity index (χ3n) is 9.10. The van der Waals surface area contributed by atoms with Gasteiger partial charge in [-0.1, -0.05) is 47.6 Å². The molecule has 0 spiro atoms. The van der Waals surface area contributed by atoms with E-state index in [9.17, 15) is 23.2 Å². The molecule has 0 aliphatic carbocycles. The molecule has 6 rings (SSSR count). The molecule has 2 amide bonds. The van der Waals surface area contributed by atoms with Crippen LogP contribution in [0, 0.1) is 11.6 Å². The van der Waals surface area contributed by atoms with Gasteiger partial charge >= 0.3 is 0 Å². The molecule has 2 fully saturated rings. The molecule has 3 aliphatic heterocycles. The molecule has 0 bridgehead atoms. The number of nitrogens with zero attached hydrogens (tertiary/aromatic N) is 3. The molecular formula is C34H39F2N3O5. The first-order chi connectivity index (χ1) is 20.6. The minimum absolute atomic E-state index is 0.0612. The molecule has 3 aromatic rings. The molecule has 2 aromatic carbocycles. The van der Waals surface area contributed by atoms with Crippen LogP contribution in [0.3, 0.4) is 0 Å². The molecule has 0 N–H and O–H groups in total. The average Bonchev–Trinajstić information content (AvgIpc) is 3.40. The van der Waals surface area contributed by atoms with Crippen molar-refractivity contribution in [3.63, 3.8) is 0 Å². The Morgan fingerprint density at radius 3 is 2.23 bits per heavy atom. The van der Waals surface area contributed by atoms with E-state index in [1.54, 1.807) is 14.4 Å². The Morgan fingerprint density at radius 1 is 0.932 bits per heavy atom. The number of ether oxygens (including phenoxy) is 2. The van der Waals surface area contributed by atoms with Crippen LogP contribution >= 0.6 is 0 Å². The smallest absolute Gasteiger partial charge is 0.259 e. The molecule has 1 aromatic heterocycles. The second-order valence-corrected chi connectivity index (χ2v) is 14.3. The number of aromatic nitrogens is 1. The van der Waals surface area contributed by atoms with E-state index in [-0.39, 0.29) is 71.3 Å². The largest absolute Gasteiger partial charge is 0.486 e. The van der Waals surface area contributed by atoms with E-state index >= 15 is 0 Å². The van der Waals surface area contributed by atoms with Crippen molar-refractivity contribution in [3.8, 4) is 5.75 Å². The van der Waals surface area contributed by atoms with E-state index in [1.807, 2.05) is 19.1 Å². The second kappa shape index (κ2) is 10.4. The summed E-state index contributed by atoms with van der Waals surface area (Å²) in [5.74, 6) is -3.36. The van der Waals surface area contributed by atoms with Crippen LogP contribution in [0.1, 0.15) is 86.4 Å². The van der Waals surface area contributed by atoms with Crippen LogP contribution < -0.4 is 10.2 Å². The van der Waals surface area contributed by atoms with Crippen LogP contribution in [0.2, 0.25) is 0 Å². The number of carbonyl (C=O) groups excluding carboxylic acids is 2. The maximum absolute atomic E-state index is 14.5. The van der Waals surface area contributed by atoms with Crippen LogP contribution in [0.15, 0.2) is 35.3 Å². The molecule has 234 valence electrons. The zero-order valence-electron chi connectivity index (χ0n) is 26.3. The monoisotopic (exact) mass is 607 g/mol. The summed E-state index contributed by atoms with van der Waals surface area (Å²) in [5, 5.41) is -0.113. The molecule has 0 saturated carbocycles. The number of likely N-dealkylation sites (tertiary alicyclic amines) is 1. The minimum Gasteiger partial charge on any atom is -0.486 e. The van der Waals surface area contributed by atoms with E-state index < -0.39 is 35.1 Å². The molecule has 4 heterocycles. The van der Waals surface area contributed by atoms with Gasteiger partial charge in [-0.3, -0.25) is 14.4 Å². The van der Waals surface area contributed by atoms with Crippen LogP contribution in [-0.2, 0) is 15.6 Å². The van der Waals surface area contributed by atoms with Crippen LogP contribution in [0.25, 0.3) is 10.9 Å². The minimum atomic E-state index is -1.21. The number of rotatable bonds is 2. The van der Waals surface area contributed by atoms with Gasteiger partial charge in [0.1, 0.15) is 12.2 Å². The summed E-state index contributed by atoms with van der Waals surface area (Å²) < 4.78 is 42.1. The van der Waals surface area contributed by atoms with Gasteiger partial charge in [-0.05, 0) is 47.1 Å². The lowest BCUT2D eigenvalue weighted by Crippen LogP contribution is -2.54. The van der Waals surface area contributed by atoms with E-state index in [0.717, 1.165) is 17.2 Å². The Balaban J connectivity index is 1.33. The highest BCUT2D eigenvalue weighted by Gasteiger charge is 2.45. The first-order valence-electron chi connectivity index (χ1n) is 15.1. The Hall–Kier alpha value is -3.79. The zero-order valence-corrected chi connectivity index (χ0v) is 26.3. The maximum atomic E-state index is 14.5. The van der Waals surface area contributed by atoms with E-state index in [2.05, 4.69) is 47.6 Å². The molecule has 10 heteroatoms. The third-order valence-corrected chi connectivity index (χ3v) is 9.10. The van der Waals surface area contributed by atoms with Crippen LogP contribution in [0.4, 0.5) is 8.78 Å².